The van der Waals surface area contributed by atoms with Gasteiger partial charge in [0.1, 0.15) is 0 Å². The molecule has 0 aliphatic rings. The minimum absolute atomic E-state index is 0.113. The number of benzene rings is 1. The summed E-state index contributed by atoms with van der Waals surface area (Å²) < 4.78 is 15.6. The lowest BCUT2D eigenvalue weighted by Gasteiger charge is -2.12. The van der Waals surface area contributed by atoms with E-state index in [2.05, 4.69) is 10.5 Å². The molecule has 0 saturated carbocycles. The molecule has 0 spiro atoms. The Morgan fingerprint density at radius 2 is 2.18 bits per heavy atom. The molecule has 0 saturated heterocycles. The van der Waals surface area contributed by atoms with Crippen LogP contribution in [-0.4, -0.2) is 38.5 Å². The van der Waals surface area contributed by atoms with E-state index in [1.807, 2.05) is 0 Å². The van der Waals surface area contributed by atoms with Crippen molar-refractivity contribution in [2.45, 2.75) is 13.3 Å². The third kappa shape index (κ3) is 5.70. The highest BCUT2D eigenvalue weighted by atomic mass is 16.5. The number of nitrogens with one attached hydrogen (secondary N) is 1. The Morgan fingerprint density at radius 1 is 1.41 bits per heavy atom. The fourth-order valence-corrected chi connectivity index (χ4v) is 1.58. The molecule has 0 heterocycles. The predicted molar refractivity (Wildman–Crippen MR) is 80.1 cm³/mol. The fraction of sp³-hybridized carbons (Fsp3) is 0.357. The second-order valence-electron chi connectivity index (χ2n) is 4.02. The number of methoxy groups -OCH3 is 1. The Balaban J connectivity index is 2.78. The molecular weight excluding hydrogens is 290 g/mol. The van der Waals surface area contributed by atoms with Gasteiger partial charge < -0.3 is 19.9 Å². The maximum Gasteiger partial charge on any atom is 0.332 e. The largest absolute Gasteiger partial charge is 0.493 e. The highest BCUT2D eigenvalue weighted by Crippen LogP contribution is 2.30. The molecule has 0 aromatic heterocycles. The van der Waals surface area contributed by atoms with Crippen molar-refractivity contribution in [2.24, 2.45) is 10.8 Å². The summed E-state index contributed by atoms with van der Waals surface area (Å²) in [4.78, 5) is 21.9. The van der Waals surface area contributed by atoms with Gasteiger partial charge in [0.2, 0.25) is 0 Å². The number of hydrogen-bond acceptors (Lipinski definition) is 6. The van der Waals surface area contributed by atoms with Crippen molar-refractivity contribution in [1.29, 1.82) is 0 Å². The number of esters is 1. The van der Waals surface area contributed by atoms with E-state index in [0.29, 0.717) is 23.7 Å². The highest BCUT2D eigenvalue weighted by molar-refractivity contribution is 5.86. The van der Waals surface area contributed by atoms with Crippen molar-refractivity contribution >= 4 is 18.2 Å². The molecule has 8 heteroatoms. The van der Waals surface area contributed by atoms with Crippen molar-refractivity contribution in [1.82, 2.24) is 5.43 Å². The van der Waals surface area contributed by atoms with Crippen LogP contribution in [0.3, 0.4) is 0 Å². The zero-order chi connectivity index (χ0) is 16.4. The second kappa shape index (κ2) is 9.22. The average Bonchev–Trinajstić information content (AvgIpc) is 2.48. The normalized spacial score (nSPS) is 10.3. The van der Waals surface area contributed by atoms with Gasteiger partial charge in [0.05, 0.1) is 33.0 Å². The van der Waals surface area contributed by atoms with E-state index in [0.717, 1.165) is 0 Å². The molecule has 0 unspecified atom stereocenters. The number of nitrogens with two attached hydrogens (primary N) is 1. The number of hydrogen-bond donors (Lipinski definition) is 2. The lowest BCUT2D eigenvalue weighted by Crippen LogP contribution is -2.24. The number of nitrogens with zero attached hydrogens (tertiary/aromatic N) is 1. The van der Waals surface area contributed by atoms with Crippen LogP contribution < -0.4 is 20.6 Å². The molecule has 120 valence electrons. The van der Waals surface area contributed by atoms with Gasteiger partial charge in [-0.2, -0.15) is 5.10 Å². The summed E-state index contributed by atoms with van der Waals surface area (Å²) in [5.74, 6) is 0.541. The molecule has 8 nitrogen and oxygen atoms in total. The Morgan fingerprint density at radius 3 is 2.82 bits per heavy atom. The molecule has 0 aliphatic heterocycles. The van der Waals surface area contributed by atoms with Crippen LogP contribution in [0.25, 0.3) is 0 Å². The van der Waals surface area contributed by atoms with Crippen LogP contribution >= 0.6 is 0 Å². The van der Waals surface area contributed by atoms with Crippen LogP contribution in [-0.2, 0) is 9.53 Å². The topological polar surface area (TPSA) is 112 Å². The third-order valence-electron chi connectivity index (χ3n) is 2.47. The van der Waals surface area contributed by atoms with Crippen molar-refractivity contribution in [3.05, 3.63) is 23.8 Å². The number of carbonyl (C=O) groups excluding carboxylic acids is 2. The zero-order valence-corrected chi connectivity index (χ0v) is 12.5. The molecule has 0 fully saturated rings. The summed E-state index contributed by atoms with van der Waals surface area (Å²) in [5, 5.41) is 3.67. The van der Waals surface area contributed by atoms with Crippen LogP contribution in [0.1, 0.15) is 18.9 Å². The van der Waals surface area contributed by atoms with Crippen molar-refractivity contribution < 1.29 is 23.8 Å². The smallest absolute Gasteiger partial charge is 0.332 e. The summed E-state index contributed by atoms with van der Waals surface area (Å²) in [6.07, 6.45) is 1.48. The van der Waals surface area contributed by atoms with Gasteiger partial charge in [-0.25, -0.2) is 10.2 Å². The van der Waals surface area contributed by atoms with Gasteiger partial charge in [0, 0.05) is 5.56 Å². The highest BCUT2D eigenvalue weighted by Gasteiger charge is 2.10. The molecule has 1 aromatic carbocycles. The van der Waals surface area contributed by atoms with Crippen molar-refractivity contribution in [3.63, 3.8) is 0 Å². The standard InChI is InChI=1S/C14H19N3O5/c1-3-21-12(18)7-8-22-13-10(9-16-17-14(15)19)5-4-6-11(13)20-2/h4-6,9H,3,7-8H2,1-2H3,(H3,15,17,19). The summed E-state index contributed by atoms with van der Waals surface area (Å²) >= 11 is 0. The SMILES string of the molecule is CCOC(=O)CCOc1c(C=NNC(N)=O)cccc1OC. The van der Waals surface area contributed by atoms with E-state index in [4.69, 9.17) is 19.9 Å². The number of rotatable bonds is 8. The molecule has 0 bridgehead atoms. The molecule has 0 atom stereocenters. The Hall–Kier alpha value is -2.77. The molecule has 1 aromatic rings. The number of para-hydroxylation sites is 1. The van der Waals surface area contributed by atoms with Crippen LogP contribution in [0, 0.1) is 0 Å². The number of amides is 2. The molecule has 22 heavy (non-hydrogen) atoms. The van der Waals surface area contributed by atoms with Crippen LogP contribution in [0.15, 0.2) is 23.3 Å². The predicted octanol–water partition coefficient (Wildman–Crippen LogP) is 1.03. The number of carbonyl (C=O) groups is 2. The van der Waals surface area contributed by atoms with E-state index in [-0.39, 0.29) is 19.0 Å². The Bertz CT molecular complexity index is 545. The number of urea groups is 1. The Kier molecular flexibility index (Phi) is 7.24. The average molecular weight is 309 g/mol. The molecule has 3 N–H and O–H groups in total. The lowest BCUT2D eigenvalue weighted by molar-refractivity contribution is -0.143. The summed E-state index contributed by atoms with van der Waals surface area (Å²) in [6, 6.07) is 4.39. The molecule has 2 amide bonds. The zero-order valence-electron chi connectivity index (χ0n) is 12.5. The van der Waals surface area contributed by atoms with Crippen LogP contribution in [0.2, 0.25) is 0 Å². The molecule has 1 rings (SSSR count). The minimum Gasteiger partial charge on any atom is -0.493 e. The summed E-state index contributed by atoms with van der Waals surface area (Å²) in [5.41, 5.74) is 7.58. The van der Waals surface area contributed by atoms with E-state index >= 15 is 0 Å². The number of hydrazone groups is 1. The van der Waals surface area contributed by atoms with Gasteiger partial charge in [-0.05, 0) is 19.1 Å². The quantitative estimate of drug-likeness (QED) is 0.423. The van der Waals surface area contributed by atoms with Crippen molar-refractivity contribution in [3.8, 4) is 11.5 Å². The summed E-state index contributed by atoms with van der Waals surface area (Å²) in [7, 11) is 1.50. The third-order valence-corrected chi connectivity index (χ3v) is 2.47. The van der Waals surface area contributed by atoms with Gasteiger partial charge in [0.25, 0.3) is 0 Å². The monoisotopic (exact) mass is 309 g/mol. The van der Waals surface area contributed by atoms with E-state index < -0.39 is 6.03 Å². The first kappa shape index (κ1) is 17.3. The Labute approximate surface area is 128 Å². The first-order valence-corrected chi connectivity index (χ1v) is 6.62. The first-order chi connectivity index (χ1) is 10.6. The molecule has 0 radical (unpaired) electrons. The van der Waals surface area contributed by atoms with E-state index in [9.17, 15) is 9.59 Å². The van der Waals surface area contributed by atoms with Crippen molar-refractivity contribution in [2.75, 3.05) is 20.3 Å². The van der Waals surface area contributed by atoms with Gasteiger partial charge in [0.15, 0.2) is 11.5 Å². The second-order valence-corrected chi connectivity index (χ2v) is 4.02. The van der Waals surface area contributed by atoms with Gasteiger partial charge in [-0.15, -0.1) is 0 Å². The van der Waals surface area contributed by atoms with Gasteiger partial charge in [-0.1, -0.05) is 6.07 Å². The maximum atomic E-state index is 11.3. The number of ether oxygens (including phenoxy) is 3. The number of primary amides is 1. The van der Waals surface area contributed by atoms with E-state index in [1.54, 1.807) is 25.1 Å². The lowest BCUT2D eigenvalue weighted by atomic mass is 10.2. The van der Waals surface area contributed by atoms with Crippen LogP contribution in [0.5, 0.6) is 11.5 Å². The van der Waals surface area contributed by atoms with Crippen LogP contribution in [0.4, 0.5) is 4.79 Å². The fourth-order valence-electron chi connectivity index (χ4n) is 1.58. The van der Waals surface area contributed by atoms with Gasteiger partial charge >= 0.3 is 12.0 Å². The molecule has 0 aliphatic carbocycles. The molecular formula is C14H19N3O5. The maximum absolute atomic E-state index is 11.3. The van der Waals surface area contributed by atoms with Gasteiger partial charge in [-0.3, -0.25) is 4.79 Å². The summed E-state index contributed by atoms with van der Waals surface area (Å²) in [6.45, 7) is 2.19. The minimum atomic E-state index is -0.774. The van der Waals surface area contributed by atoms with E-state index in [1.165, 1.54) is 13.3 Å². The first-order valence-electron chi connectivity index (χ1n) is 6.62.